The monoisotopic (exact) mass is 162 g/mol. The van der Waals surface area contributed by atoms with E-state index in [0.717, 1.165) is 25.9 Å². The van der Waals surface area contributed by atoms with Gasteiger partial charge in [-0.15, -0.1) is 0 Å². The molecular formula is C6H15N2OP. The summed E-state index contributed by atoms with van der Waals surface area (Å²) in [4.78, 5) is 0. The lowest BCUT2D eigenvalue weighted by atomic mass is 10.3. The van der Waals surface area contributed by atoms with Gasteiger partial charge in [0.15, 0.2) is 0 Å². The van der Waals surface area contributed by atoms with Gasteiger partial charge in [-0.25, -0.2) is 0 Å². The molecule has 1 fully saturated rings. The molecule has 2 N–H and O–H groups in total. The van der Waals surface area contributed by atoms with Crippen molar-refractivity contribution in [3.8, 4) is 0 Å². The van der Waals surface area contributed by atoms with Gasteiger partial charge in [0.05, 0.1) is 0 Å². The quantitative estimate of drug-likeness (QED) is 0.569. The van der Waals surface area contributed by atoms with Crippen molar-refractivity contribution in [1.82, 2.24) is 10.2 Å². The van der Waals surface area contributed by atoms with Crippen LogP contribution in [0.3, 0.4) is 0 Å². The van der Waals surface area contributed by atoms with Crippen molar-refractivity contribution in [1.29, 1.82) is 0 Å². The Morgan fingerprint density at radius 1 is 1.30 bits per heavy atom. The molecule has 3 nitrogen and oxygen atoms in total. The van der Waals surface area contributed by atoms with Crippen molar-refractivity contribution in [3.63, 3.8) is 0 Å². The summed E-state index contributed by atoms with van der Waals surface area (Å²) < 4.78 is 11.6. The van der Waals surface area contributed by atoms with Crippen LogP contribution in [0.4, 0.5) is 0 Å². The summed E-state index contributed by atoms with van der Waals surface area (Å²) in [6.07, 6.45) is 2.99. The number of rotatable bonds is 1. The van der Waals surface area contributed by atoms with Gasteiger partial charge in [-0.3, -0.25) is 14.7 Å². The smallest absolute Gasteiger partial charge is 0.211 e. The summed E-state index contributed by atoms with van der Waals surface area (Å²) in [6, 6.07) is 0. The van der Waals surface area contributed by atoms with Crippen molar-refractivity contribution in [2.45, 2.75) is 19.8 Å². The first-order valence-corrected chi connectivity index (χ1v) is 5.75. The third-order valence-corrected chi connectivity index (χ3v) is 4.14. The Hall–Kier alpha value is 0.150. The maximum Gasteiger partial charge on any atom is 0.211 e. The Morgan fingerprint density at radius 3 is 2.20 bits per heavy atom. The van der Waals surface area contributed by atoms with Crippen LogP contribution in [0.15, 0.2) is 0 Å². The zero-order chi connectivity index (χ0) is 7.45. The van der Waals surface area contributed by atoms with Gasteiger partial charge in [0.25, 0.3) is 0 Å². The van der Waals surface area contributed by atoms with Crippen molar-refractivity contribution >= 4 is 7.44 Å². The predicted octanol–water partition coefficient (Wildman–Crippen LogP) is 1.17. The summed E-state index contributed by atoms with van der Waals surface area (Å²) in [5, 5.41) is 6.10. The zero-order valence-corrected chi connectivity index (χ0v) is 7.29. The van der Waals surface area contributed by atoms with E-state index in [9.17, 15) is 4.57 Å². The summed E-state index contributed by atoms with van der Waals surface area (Å²) in [7, 11) is -2.14. The summed E-state index contributed by atoms with van der Waals surface area (Å²) in [6.45, 7) is 3.75. The van der Waals surface area contributed by atoms with Crippen molar-refractivity contribution < 1.29 is 4.57 Å². The minimum absolute atomic E-state index is 0.715. The van der Waals surface area contributed by atoms with Crippen LogP contribution in [0.5, 0.6) is 0 Å². The van der Waals surface area contributed by atoms with E-state index >= 15 is 0 Å². The minimum Gasteiger partial charge on any atom is -0.289 e. The highest BCUT2D eigenvalue weighted by atomic mass is 31.2. The molecule has 0 unspecified atom stereocenters. The molecule has 0 atom stereocenters. The molecule has 0 aliphatic carbocycles. The fourth-order valence-electron chi connectivity index (χ4n) is 1.05. The number of nitrogens with one attached hydrogen (secondary N) is 2. The molecule has 0 saturated carbocycles. The summed E-state index contributed by atoms with van der Waals surface area (Å²) in [5.41, 5.74) is 0. The van der Waals surface area contributed by atoms with Crippen LogP contribution in [0.1, 0.15) is 19.8 Å². The molecule has 60 valence electrons. The second kappa shape index (κ2) is 3.51. The molecule has 10 heavy (non-hydrogen) atoms. The molecule has 1 aliphatic rings. The lowest BCUT2D eigenvalue weighted by molar-refractivity contribution is 0.559. The van der Waals surface area contributed by atoms with Gasteiger partial charge in [0.1, 0.15) is 0 Å². The Balaban J connectivity index is 2.49. The van der Waals surface area contributed by atoms with Crippen molar-refractivity contribution in [2.24, 2.45) is 0 Å². The third kappa shape index (κ3) is 2.08. The van der Waals surface area contributed by atoms with Gasteiger partial charge >= 0.3 is 0 Å². The fourth-order valence-corrected chi connectivity index (χ4v) is 2.65. The van der Waals surface area contributed by atoms with E-state index in [0.29, 0.717) is 6.16 Å². The molecule has 0 aromatic rings. The van der Waals surface area contributed by atoms with Crippen LogP contribution in [-0.4, -0.2) is 19.3 Å². The standard InChI is InChI=1S/C6H15N2OP/c1-2-10(9)7-5-3-4-6-8-10/h2-6H2,1H3,(H2,7,8,9). The third-order valence-electron chi connectivity index (χ3n) is 1.78. The maximum atomic E-state index is 11.6. The molecule has 0 aromatic heterocycles. The molecule has 4 heteroatoms. The number of hydrogen-bond donors (Lipinski definition) is 2. The molecule has 0 amide bonds. The minimum atomic E-state index is -2.14. The summed E-state index contributed by atoms with van der Waals surface area (Å²) >= 11 is 0. The van der Waals surface area contributed by atoms with Gasteiger partial charge < -0.3 is 0 Å². The Labute approximate surface area is 62.1 Å². The Kier molecular flexibility index (Phi) is 2.90. The van der Waals surface area contributed by atoms with Gasteiger partial charge in [0.2, 0.25) is 7.44 Å². The fraction of sp³-hybridized carbons (Fsp3) is 1.00. The molecule has 0 aromatic carbocycles. The lowest BCUT2D eigenvalue weighted by Crippen LogP contribution is -2.21. The molecule has 1 aliphatic heterocycles. The average Bonchev–Trinajstić information content (AvgIpc) is 2.15. The van der Waals surface area contributed by atoms with E-state index in [1.807, 2.05) is 6.92 Å². The average molecular weight is 162 g/mol. The van der Waals surface area contributed by atoms with Crippen molar-refractivity contribution in [3.05, 3.63) is 0 Å². The predicted molar refractivity (Wildman–Crippen MR) is 43.4 cm³/mol. The van der Waals surface area contributed by atoms with Crippen LogP contribution in [0.2, 0.25) is 0 Å². The van der Waals surface area contributed by atoms with Gasteiger partial charge in [0, 0.05) is 19.3 Å². The molecule has 1 saturated heterocycles. The van der Waals surface area contributed by atoms with Crippen LogP contribution in [0, 0.1) is 0 Å². The molecule has 1 rings (SSSR count). The molecule has 1 heterocycles. The topological polar surface area (TPSA) is 41.1 Å². The van der Waals surface area contributed by atoms with Gasteiger partial charge in [-0.1, -0.05) is 6.92 Å². The Morgan fingerprint density at radius 2 is 1.80 bits per heavy atom. The van der Waals surface area contributed by atoms with Crippen LogP contribution >= 0.6 is 7.44 Å². The van der Waals surface area contributed by atoms with Crippen molar-refractivity contribution in [2.75, 3.05) is 19.3 Å². The first kappa shape index (κ1) is 8.25. The van der Waals surface area contributed by atoms with E-state index < -0.39 is 7.44 Å². The zero-order valence-electron chi connectivity index (χ0n) is 6.39. The largest absolute Gasteiger partial charge is 0.289 e. The van der Waals surface area contributed by atoms with Gasteiger partial charge in [-0.05, 0) is 12.8 Å². The highest BCUT2D eigenvalue weighted by Crippen LogP contribution is 2.35. The molecule has 0 bridgehead atoms. The number of hydrogen-bond acceptors (Lipinski definition) is 1. The second-order valence-electron chi connectivity index (χ2n) is 2.58. The lowest BCUT2D eigenvalue weighted by Gasteiger charge is -2.14. The van der Waals surface area contributed by atoms with E-state index in [-0.39, 0.29) is 0 Å². The molecular weight excluding hydrogens is 147 g/mol. The van der Waals surface area contributed by atoms with Crippen LogP contribution in [0.25, 0.3) is 0 Å². The first-order valence-electron chi connectivity index (χ1n) is 3.86. The van der Waals surface area contributed by atoms with Gasteiger partial charge in [-0.2, -0.15) is 0 Å². The highest BCUT2D eigenvalue weighted by molar-refractivity contribution is 7.59. The SMILES string of the molecule is CCP1(=O)NCCCCN1. The van der Waals surface area contributed by atoms with E-state index in [2.05, 4.69) is 10.2 Å². The second-order valence-corrected chi connectivity index (χ2v) is 5.32. The van der Waals surface area contributed by atoms with Crippen LogP contribution in [-0.2, 0) is 4.57 Å². The van der Waals surface area contributed by atoms with E-state index in [1.54, 1.807) is 0 Å². The normalized spacial score (nSPS) is 25.7. The van der Waals surface area contributed by atoms with E-state index in [1.165, 1.54) is 0 Å². The van der Waals surface area contributed by atoms with E-state index in [4.69, 9.17) is 0 Å². The van der Waals surface area contributed by atoms with Crippen LogP contribution < -0.4 is 10.2 Å². The highest BCUT2D eigenvalue weighted by Gasteiger charge is 2.18. The Bertz CT molecular complexity index is 137. The maximum absolute atomic E-state index is 11.6. The summed E-state index contributed by atoms with van der Waals surface area (Å²) in [5.74, 6) is 0. The molecule has 0 radical (unpaired) electrons. The molecule has 0 spiro atoms. The first-order chi connectivity index (χ1) is 4.77.